The number of aromatic nitrogens is 2. The zero-order chi connectivity index (χ0) is 21.6. The van der Waals surface area contributed by atoms with Crippen LogP contribution in [0.25, 0.3) is 28.2 Å². The quantitative estimate of drug-likeness (QED) is 0.366. The third kappa shape index (κ3) is 6.95. The molecule has 0 aliphatic carbocycles. The van der Waals surface area contributed by atoms with Gasteiger partial charge in [-0.1, -0.05) is 117 Å². The summed E-state index contributed by atoms with van der Waals surface area (Å²) in [5.41, 5.74) is 4.62. The third-order valence-electron chi connectivity index (χ3n) is 3.71. The number of allylic oxidation sites excluding steroid dienone is 4. The largest absolute Gasteiger partial charge is 0.228 e. The van der Waals surface area contributed by atoms with Crippen molar-refractivity contribution < 1.29 is 0 Å². The minimum absolute atomic E-state index is 0.681. The van der Waals surface area contributed by atoms with Crippen molar-refractivity contribution in [1.82, 2.24) is 9.97 Å². The molecule has 0 atom stereocenters. The fourth-order valence-electron chi connectivity index (χ4n) is 2.46. The van der Waals surface area contributed by atoms with E-state index < -0.39 is 0 Å². The molecular weight excluding hydrogens is 420 g/mol. The van der Waals surface area contributed by atoms with Gasteiger partial charge in [0, 0.05) is 15.6 Å². The maximum Gasteiger partial charge on any atom is 0.160 e. The fraction of sp³-hybridized carbons (Fsp3) is 0.154. The monoisotopic (exact) mass is 448 g/mol. The summed E-state index contributed by atoms with van der Waals surface area (Å²) >= 11 is 3.46. The van der Waals surface area contributed by atoms with Gasteiger partial charge in [-0.15, -0.1) is 0 Å². The van der Waals surface area contributed by atoms with E-state index in [1.54, 1.807) is 12.2 Å². The highest BCUT2D eigenvalue weighted by atomic mass is 79.9. The molecule has 0 unspecified atom stereocenters. The first-order chi connectivity index (χ1) is 14.2. The lowest BCUT2D eigenvalue weighted by Crippen LogP contribution is -1.97. The lowest BCUT2D eigenvalue weighted by atomic mass is 10.1. The van der Waals surface area contributed by atoms with Crippen LogP contribution in [0.4, 0.5) is 0 Å². The number of benzene rings is 2. The third-order valence-corrected chi connectivity index (χ3v) is 4.24. The standard InChI is InChI=1S/C22H17BrN2.2C2H6/c1-3-8-16(4-2)20-15-21(17-9-6-5-7-10-17)25-22(24-20)18-11-13-19(23)14-12-18;2*1-2/h3-15H,1-2H2;2*1-2H3/b16-8+;;. The van der Waals surface area contributed by atoms with E-state index in [-0.39, 0.29) is 0 Å². The summed E-state index contributed by atoms with van der Waals surface area (Å²) in [6, 6.07) is 20.1. The molecule has 3 heteroatoms. The lowest BCUT2D eigenvalue weighted by molar-refractivity contribution is 1.16. The van der Waals surface area contributed by atoms with Gasteiger partial charge in [0.15, 0.2) is 5.82 Å². The first-order valence-electron chi connectivity index (χ1n) is 9.87. The van der Waals surface area contributed by atoms with E-state index >= 15 is 0 Å². The first-order valence-corrected chi connectivity index (χ1v) is 10.7. The Morgan fingerprint density at radius 1 is 0.828 bits per heavy atom. The maximum atomic E-state index is 4.77. The molecule has 0 fully saturated rings. The zero-order valence-electron chi connectivity index (χ0n) is 17.7. The lowest BCUT2D eigenvalue weighted by Gasteiger charge is -2.09. The van der Waals surface area contributed by atoms with E-state index in [0.29, 0.717) is 5.82 Å². The molecule has 0 spiro atoms. The van der Waals surface area contributed by atoms with Crippen molar-refractivity contribution in [3.8, 4) is 22.6 Å². The summed E-state index contributed by atoms with van der Waals surface area (Å²) in [6.45, 7) is 15.7. The van der Waals surface area contributed by atoms with Crippen LogP contribution in [0.3, 0.4) is 0 Å². The Kier molecular flexibility index (Phi) is 11.2. The number of halogens is 1. The molecule has 3 rings (SSSR count). The van der Waals surface area contributed by atoms with Gasteiger partial charge in [0.1, 0.15) is 0 Å². The Hall–Kier alpha value is -2.78. The summed E-state index contributed by atoms with van der Waals surface area (Å²) in [6.07, 6.45) is 5.42. The van der Waals surface area contributed by atoms with Gasteiger partial charge in [-0.05, 0) is 23.8 Å². The van der Waals surface area contributed by atoms with Crippen LogP contribution < -0.4 is 0 Å². The Morgan fingerprint density at radius 2 is 1.45 bits per heavy atom. The second kappa shape index (κ2) is 13.4. The second-order valence-electron chi connectivity index (χ2n) is 5.40. The van der Waals surface area contributed by atoms with Crippen LogP contribution in [0, 0.1) is 0 Å². The molecule has 1 aromatic heterocycles. The molecule has 0 radical (unpaired) electrons. The van der Waals surface area contributed by atoms with Crippen LogP contribution in [-0.4, -0.2) is 9.97 Å². The highest BCUT2D eigenvalue weighted by molar-refractivity contribution is 9.10. The zero-order valence-corrected chi connectivity index (χ0v) is 19.3. The summed E-state index contributed by atoms with van der Waals surface area (Å²) in [5.74, 6) is 0.681. The van der Waals surface area contributed by atoms with Gasteiger partial charge in [-0.25, -0.2) is 9.97 Å². The van der Waals surface area contributed by atoms with Crippen LogP contribution in [0.1, 0.15) is 33.4 Å². The minimum Gasteiger partial charge on any atom is -0.228 e. The topological polar surface area (TPSA) is 25.8 Å². The van der Waals surface area contributed by atoms with E-state index in [0.717, 1.165) is 32.6 Å². The van der Waals surface area contributed by atoms with Crippen LogP contribution in [-0.2, 0) is 0 Å². The molecule has 0 aliphatic rings. The molecule has 0 amide bonds. The van der Waals surface area contributed by atoms with Gasteiger partial charge < -0.3 is 0 Å². The van der Waals surface area contributed by atoms with E-state index in [4.69, 9.17) is 9.97 Å². The molecule has 2 nitrogen and oxygen atoms in total. The highest BCUT2D eigenvalue weighted by Crippen LogP contribution is 2.26. The molecule has 0 saturated carbocycles. The summed E-state index contributed by atoms with van der Waals surface area (Å²) in [4.78, 5) is 9.50. The van der Waals surface area contributed by atoms with Crippen molar-refractivity contribution >= 4 is 21.5 Å². The number of nitrogens with zero attached hydrogens (tertiary/aromatic N) is 2. The van der Waals surface area contributed by atoms with Gasteiger partial charge >= 0.3 is 0 Å². The van der Waals surface area contributed by atoms with Gasteiger partial charge in [0.05, 0.1) is 11.4 Å². The van der Waals surface area contributed by atoms with Gasteiger partial charge in [-0.2, -0.15) is 0 Å². The molecular formula is C26H29BrN2. The Labute approximate surface area is 183 Å². The number of hydrogen-bond acceptors (Lipinski definition) is 2. The van der Waals surface area contributed by atoms with E-state index in [9.17, 15) is 0 Å². The minimum atomic E-state index is 0.681. The molecule has 0 saturated heterocycles. The Morgan fingerprint density at radius 3 is 2.00 bits per heavy atom. The van der Waals surface area contributed by atoms with Crippen molar-refractivity contribution in [2.45, 2.75) is 27.7 Å². The van der Waals surface area contributed by atoms with Crippen molar-refractivity contribution in [3.63, 3.8) is 0 Å². The van der Waals surface area contributed by atoms with Gasteiger partial charge in [-0.3, -0.25) is 0 Å². The summed E-state index contributed by atoms with van der Waals surface area (Å²) < 4.78 is 1.02. The Balaban J connectivity index is 0.000000989. The smallest absolute Gasteiger partial charge is 0.160 e. The average molecular weight is 449 g/mol. The van der Waals surface area contributed by atoms with Crippen LogP contribution >= 0.6 is 15.9 Å². The first kappa shape index (κ1) is 24.3. The predicted octanol–water partition coefficient (Wildman–Crippen LogP) is 8.38. The molecule has 150 valence electrons. The highest BCUT2D eigenvalue weighted by Gasteiger charge is 2.10. The van der Waals surface area contributed by atoms with Crippen molar-refractivity contribution in [1.29, 1.82) is 0 Å². The molecule has 3 aromatic rings. The molecule has 29 heavy (non-hydrogen) atoms. The number of rotatable bonds is 5. The molecule has 0 aliphatic heterocycles. The van der Waals surface area contributed by atoms with E-state index in [2.05, 4.69) is 29.1 Å². The van der Waals surface area contributed by atoms with Crippen molar-refractivity contribution in [3.05, 3.63) is 102 Å². The number of hydrogen-bond donors (Lipinski definition) is 0. The maximum absolute atomic E-state index is 4.77. The molecule has 2 aromatic carbocycles. The van der Waals surface area contributed by atoms with Crippen LogP contribution in [0.5, 0.6) is 0 Å². The normalized spacial score (nSPS) is 10.0. The van der Waals surface area contributed by atoms with E-state index in [1.165, 1.54) is 0 Å². The van der Waals surface area contributed by atoms with E-state index in [1.807, 2.05) is 94.4 Å². The summed E-state index contributed by atoms with van der Waals surface area (Å²) in [5, 5.41) is 0. The van der Waals surface area contributed by atoms with Crippen LogP contribution in [0.15, 0.2) is 96.5 Å². The van der Waals surface area contributed by atoms with Gasteiger partial charge in [0.25, 0.3) is 0 Å². The fourth-order valence-corrected chi connectivity index (χ4v) is 2.73. The second-order valence-corrected chi connectivity index (χ2v) is 6.31. The van der Waals surface area contributed by atoms with Crippen molar-refractivity contribution in [2.24, 2.45) is 0 Å². The summed E-state index contributed by atoms with van der Waals surface area (Å²) in [7, 11) is 0. The SMILES string of the molecule is C=C/C=C(\C=C)c1cc(-c2ccccc2)nc(-c2ccc(Br)cc2)n1.CC.CC. The average Bonchev–Trinajstić information content (AvgIpc) is 2.81. The van der Waals surface area contributed by atoms with Crippen molar-refractivity contribution in [2.75, 3.05) is 0 Å². The molecule has 1 heterocycles. The van der Waals surface area contributed by atoms with Crippen LogP contribution in [0.2, 0.25) is 0 Å². The van der Waals surface area contributed by atoms with Gasteiger partial charge in [0.2, 0.25) is 0 Å². The molecule has 0 bridgehead atoms. The molecule has 0 N–H and O–H groups in total. The Bertz CT molecular complexity index is 927. The predicted molar refractivity (Wildman–Crippen MR) is 132 cm³/mol.